The number of nitrogens with zero attached hydrogens (tertiary/aromatic N) is 2. The van der Waals surface area contributed by atoms with Crippen LogP contribution in [0.3, 0.4) is 0 Å². The fraction of sp³-hybridized carbons (Fsp3) is 0.409. The average molecular weight is 571 g/mol. The fourth-order valence-electron chi connectivity index (χ4n) is 3.63. The van der Waals surface area contributed by atoms with Crippen LogP contribution in [0.25, 0.3) is 0 Å². The smallest absolute Gasteiger partial charge is 0.425 e. The molecule has 3 rings (SSSR count). The van der Waals surface area contributed by atoms with Gasteiger partial charge in [0.2, 0.25) is 0 Å². The predicted molar refractivity (Wildman–Crippen MR) is 123 cm³/mol. The summed E-state index contributed by atoms with van der Waals surface area (Å²) in [6.45, 7) is 0.527. The van der Waals surface area contributed by atoms with E-state index in [1.54, 1.807) is 0 Å². The van der Waals surface area contributed by atoms with Crippen molar-refractivity contribution in [3.63, 3.8) is 0 Å². The Hall–Kier alpha value is -2.94. The molecule has 0 spiro atoms. The van der Waals surface area contributed by atoms with Crippen LogP contribution in [0.2, 0.25) is 0 Å². The minimum atomic E-state index is -4.74. The molecule has 0 aliphatic carbocycles. The standard InChI is InChI=1S/C22H23F5N2O6S2/c1-13(22(25,26)27)35-19-5-4-14(36(2,31)32)10-15(19)21(30)29-8-6-28(7-9-29)18-11-17(24)20(12-16(18)23)37(3,33)34/h4-5,10-13H,6-9H2,1-3H3. The largest absolute Gasteiger partial charge is 0.480 e. The van der Waals surface area contributed by atoms with E-state index in [4.69, 9.17) is 4.74 Å². The number of rotatable bonds is 6. The Morgan fingerprint density at radius 3 is 2.03 bits per heavy atom. The normalized spacial score (nSPS) is 16.0. The Bertz CT molecular complexity index is 1420. The summed E-state index contributed by atoms with van der Waals surface area (Å²) >= 11 is 0. The van der Waals surface area contributed by atoms with Crippen LogP contribution in [0, 0.1) is 11.6 Å². The van der Waals surface area contributed by atoms with Gasteiger partial charge in [-0.1, -0.05) is 0 Å². The van der Waals surface area contributed by atoms with Crippen molar-refractivity contribution in [3.05, 3.63) is 47.5 Å². The minimum Gasteiger partial charge on any atom is -0.480 e. The molecule has 0 bridgehead atoms. The third kappa shape index (κ3) is 6.50. The zero-order chi connectivity index (χ0) is 27.9. The van der Waals surface area contributed by atoms with E-state index in [2.05, 4.69) is 0 Å². The fourth-order valence-corrected chi connectivity index (χ4v) is 5.01. The molecule has 37 heavy (non-hydrogen) atoms. The Morgan fingerprint density at radius 2 is 1.51 bits per heavy atom. The molecule has 1 heterocycles. The van der Waals surface area contributed by atoms with Crippen molar-refractivity contribution >= 4 is 31.3 Å². The zero-order valence-corrected chi connectivity index (χ0v) is 21.5. The van der Waals surface area contributed by atoms with Crippen LogP contribution >= 0.6 is 0 Å². The highest BCUT2D eigenvalue weighted by Crippen LogP contribution is 2.31. The van der Waals surface area contributed by atoms with Gasteiger partial charge < -0.3 is 14.5 Å². The van der Waals surface area contributed by atoms with Crippen LogP contribution in [-0.4, -0.2) is 78.6 Å². The van der Waals surface area contributed by atoms with Gasteiger partial charge in [0.15, 0.2) is 25.8 Å². The van der Waals surface area contributed by atoms with E-state index < -0.39 is 65.7 Å². The van der Waals surface area contributed by atoms with Crippen LogP contribution in [0.1, 0.15) is 17.3 Å². The van der Waals surface area contributed by atoms with Gasteiger partial charge >= 0.3 is 6.18 Å². The van der Waals surface area contributed by atoms with Crippen molar-refractivity contribution in [1.29, 1.82) is 0 Å². The van der Waals surface area contributed by atoms with Gasteiger partial charge in [0.1, 0.15) is 22.3 Å². The molecule has 2 aromatic carbocycles. The molecule has 1 aliphatic rings. The molecule has 0 N–H and O–H groups in total. The first kappa shape index (κ1) is 28.6. The average Bonchev–Trinajstić information content (AvgIpc) is 2.78. The summed E-state index contributed by atoms with van der Waals surface area (Å²) in [7, 11) is -7.81. The third-order valence-corrected chi connectivity index (χ3v) is 7.90. The summed E-state index contributed by atoms with van der Waals surface area (Å²) in [5.74, 6) is -3.41. The lowest BCUT2D eigenvalue weighted by atomic mass is 10.1. The lowest BCUT2D eigenvalue weighted by Gasteiger charge is -2.36. The first-order valence-corrected chi connectivity index (χ1v) is 14.5. The Labute approximate surface area is 210 Å². The maximum atomic E-state index is 14.6. The highest BCUT2D eigenvalue weighted by molar-refractivity contribution is 7.91. The number of ether oxygens (including phenoxy) is 1. The molecule has 0 aromatic heterocycles. The summed E-state index contributed by atoms with van der Waals surface area (Å²) in [6.07, 6.45) is -5.42. The second-order valence-electron chi connectivity index (χ2n) is 8.52. The first-order valence-electron chi connectivity index (χ1n) is 10.7. The molecule has 0 radical (unpaired) electrons. The maximum Gasteiger partial charge on any atom is 0.425 e. The first-order chi connectivity index (χ1) is 16.9. The molecule has 204 valence electrons. The van der Waals surface area contributed by atoms with Gasteiger partial charge in [-0.25, -0.2) is 25.6 Å². The van der Waals surface area contributed by atoms with E-state index in [1.807, 2.05) is 0 Å². The van der Waals surface area contributed by atoms with E-state index in [0.717, 1.165) is 43.7 Å². The number of benzene rings is 2. The van der Waals surface area contributed by atoms with Gasteiger partial charge in [-0.15, -0.1) is 0 Å². The van der Waals surface area contributed by atoms with Gasteiger partial charge in [0, 0.05) is 44.8 Å². The molecule has 1 aliphatic heterocycles. The highest BCUT2D eigenvalue weighted by atomic mass is 32.2. The molecular formula is C22H23F5N2O6S2. The van der Waals surface area contributed by atoms with Crippen molar-refractivity contribution in [2.45, 2.75) is 29.0 Å². The maximum absolute atomic E-state index is 14.6. The summed E-state index contributed by atoms with van der Waals surface area (Å²) in [4.78, 5) is 14.7. The summed E-state index contributed by atoms with van der Waals surface area (Å²) in [5.41, 5.74) is -0.624. The molecule has 1 fully saturated rings. The number of amides is 1. The Morgan fingerprint density at radius 1 is 0.919 bits per heavy atom. The SMILES string of the molecule is CC(Oc1ccc(S(C)(=O)=O)cc1C(=O)N1CCN(c2cc(F)c(S(C)(=O)=O)cc2F)CC1)C(F)(F)F. The summed E-state index contributed by atoms with van der Waals surface area (Å²) in [5, 5.41) is 0. The van der Waals surface area contributed by atoms with Crippen LogP contribution < -0.4 is 9.64 Å². The third-order valence-electron chi connectivity index (χ3n) is 5.68. The molecular weight excluding hydrogens is 547 g/mol. The van der Waals surface area contributed by atoms with Crippen LogP contribution in [0.15, 0.2) is 40.1 Å². The quantitative estimate of drug-likeness (QED) is 0.492. The minimum absolute atomic E-state index is 0.0266. The number of sulfone groups is 2. The number of anilines is 1. The molecule has 2 aromatic rings. The summed E-state index contributed by atoms with van der Waals surface area (Å²) in [6, 6.07) is 4.24. The van der Waals surface area contributed by atoms with E-state index in [0.29, 0.717) is 6.07 Å². The number of hydrogen-bond donors (Lipinski definition) is 0. The van der Waals surface area contributed by atoms with Crippen LogP contribution in [0.4, 0.5) is 27.6 Å². The van der Waals surface area contributed by atoms with Crippen molar-refractivity contribution in [2.24, 2.45) is 0 Å². The van der Waals surface area contributed by atoms with Crippen molar-refractivity contribution in [3.8, 4) is 5.75 Å². The van der Waals surface area contributed by atoms with Gasteiger partial charge in [-0.05, 0) is 31.2 Å². The Balaban J connectivity index is 1.86. The van der Waals surface area contributed by atoms with Crippen molar-refractivity contribution in [2.75, 3.05) is 43.6 Å². The van der Waals surface area contributed by atoms with Crippen molar-refractivity contribution in [1.82, 2.24) is 4.90 Å². The van der Waals surface area contributed by atoms with Gasteiger partial charge in [-0.2, -0.15) is 13.2 Å². The topological polar surface area (TPSA) is 101 Å². The van der Waals surface area contributed by atoms with Crippen molar-refractivity contribution < 1.29 is 48.3 Å². The van der Waals surface area contributed by atoms with E-state index in [-0.39, 0.29) is 36.8 Å². The van der Waals surface area contributed by atoms with E-state index in [1.165, 1.54) is 9.80 Å². The lowest BCUT2D eigenvalue weighted by Crippen LogP contribution is -2.49. The second kappa shape index (κ2) is 10.1. The number of carbonyl (C=O) groups is 1. The number of halogens is 5. The molecule has 1 unspecified atom stereocenters. The van der Waals surface area contributed by atoms with Crippen LogP contribution in [-0.2, 0) is 19.7 Å². The van der Waals surface area contributed by atoms with E-state index in [9.17, 15) is 43.6 Å². The number of carbonyl (C=O) groups excluding carboxylic acids is 1. The number of alkyl halides is 3. The predicted octanol–water partition coefficient (Wildman–Crippen LogP) is 3.06. The van der Waals surface area contributed by atoms with Gasteiger partial charge in [0.05, 0.1) is 16.1 Å². The Kier molecular flexibility index (Phi) is 7.80. The lowest BCUT2D eigenvalue weighted by molar-refractivity contribution is -0.189. The van der Waals surface area contributed by atoms with Gasteiger partial charge in [0.25, 0.3) is 5.91 Å². The molecule has 0 saturated carbocycles. The zero-order valence-electron chi connectivity index (χ0n) is 19.8. The molecule has 1 saturated heterocycles. The molecule has 1 amide bonds. The van der Waals surface area contributed by atoms with Crippen LogP contribution in [0.5, 0.6) is 5.75 Å². The molecule has 8 nitrogen and oxygen atoms in total. The monoisotopic (exact) mass is 570 g/mol. The van der Waals surface area contributed by atoms with Gasteiger partial charge in [-0.3, -0.25) is 4.79 Å². The molecule has 1 atom stereocenters. The second-order valence-corrected chi connectivity index (χ2v) is 12.5. The van der Waals surface area contributed by atoms with E-state index >= 15 is 0 Å². The number of hydrogen-bond acceptors (Lipinski definition) is 7. The molecule has 15 heteroatoms. The summed E-state index contributed by atoms with van der Waals surface area (Å²) < 4.78 is 120. The highest BCUT2D eigenvalue weighted by Gasteiger charge is 2.39. The number of piperazine rings is 1.